The minimum absolute atomic E-state index is 0.0133. The van der Waals surface area contributed by atoms with E-state index >= 15 is 0 Å². The Morgan fingerprint density at radius 2 is 1.81 bits per heavy atom. The lowest BCUT2D eigenvalue weighted by molar-refractivity contribution is 0.0751. The molecule has 1 aromatic heterocycles. The number of aryl methyl sites for hydroxylation is 2. The van der Waals surface area contributed by atoms with E-state index < -0.39 is 0 Å². The summed E-state index contributed by atoms with van der Waals surface area (Å²) < 4.78 is 0. The molecule has 2 rings (SSSR count). The lowest BCUT2D eigenvalue weighted by Gasteiger charge is -2.22. The molecule has 0 aliphatic carbocycles. The summed E-state index contributed by atoms with van der Waals surface area (Å²) in [7, 11) is 0. The van der Waals surface area contributed by atoms with Crippen LogP contribution in [0.25, 0.3) is 0 Å². The highest BCUT2D eigenvalue weighted by Crippen LogP contribution is 2.14. The van der Waals surface area contributed by atoms with Gasteiger partial charge in [0.2, 0.25) is 0 Å². The molecule has 1 aromatic carbocycles. The molecule has 1 heterocycles. The maximum absolute atomic E-state index is 12.6. The van der Waals surface area contributed by atoms with Crippen LogP contribution >= 0.6 is 0 Å². The van der Waals surface area contributed by atoms with Gasteiger partial charge in [0.1, 0.15) is 0 Å². The average Bonchev–Trinajstić information content (AvgIpc) is 2.46. The summed E-state index contributed by atoms with van der Waals surface area (Å²) >= 11 is 0. The van der Waals surface area contributed by atoms with Crippen molar-refractivity contribution in [2.24, 2.45) is 0 Å². The lowest BCUT2D eigenvalue weighted by atomic mass is 10.1. The molecule has 2 N–H and O–H groups in total. The number of nitrogen functional groups attached to an aromatic ring is 1. The van der Waals surface area contributed by atoms with Gasteiger partial charge in [0.05, 0.1) is 11.3 Å². The van der Waals surface area contributed by atoms with Gasteiger partial charge in [-0.05, 0) is 50.6 Å². The number of nitrogens with zero attached hydrogens (tertiary/aromatic N) is 2. The van der Waals surface area contributed by atoms with Gasteiger partial charge < -0.3 is 10.6 Å². The van der Waals surface area contributed by atoms with Crippen LogP contribution in [0, 0.1) is 13.8 Å². The summed E-state index contributed by atoms with van der Waals surface area (Å²) in [5.41, 5.74) is 9.84. The third-order valence-corrected chi connectivity index (χ3v) is 3.48. The van der Waals surface area contributed by atoms with E-state index in [2.05, 4.69) is 4.98 Å². The fraction of sp³-hybridized carbons (Fsp3) is 0.294. The molecule has 0 aliphatic rings. The lowest BCUT2D eigenvalue weighted by Crippen LogP contribution is -2.31. The summed E-state index contributed by atoms with van der Waals surface area (Å²) in [5.74, 6) is 0.0133. The zero-order chi connectivity index (χ0) is 15.4. The second kappa shape index (κ2) is 6.39. The van der Waals surface area contributed by atoms with Gasteiger partial charge in [-0.2, -0.15) is 0 Å². The standard InChI is InChI=1S/C17H21N3O/c1-4-20(11-14-6-8-15(18)9-7-14)17(21)16-10-5-12(2)19-13(16)3/h5-10H,4,11,18H2,1-3H3. The molecule has 4 nitrogen and oxygen atoms in total. The molecule has 1 amide bonds. The van der Waals surface area contributed by atoms with Crippen molar-refractivity contribution in [2.45, 2.75) is 27.3 Å². The van der Waals surface area contributed by atoms with Gasteiger partial charge in [0, 0.05) is 24.5 Å². The Balaban J connectivity index is 2.20. The number of amides is 1. The van der Waals surface area contributed by atoms with Crippen LogP contribution in [0.3, 0.4) is 0 Å². The first-order chi connectivity index (χ1) is 10.0. The molecule has 0 bridgehead atoms. The van der Waals surface area contributed by atoms with E-state index in [0.29, 0.717) is 18.7 Å². The van der Waals surface area contributed by atoms with Crippen LogP contribution in [0.2, 0.25) is 0 Å². The van der Waals surface area contributed by atoms with E-state index in [1.165, 1.54) is 0 Å². The van der Waals surface area contributed by atoms with Crippen molar-refractivity contribution in [1.82, 2.24) is 9.88 Å². The maximum Gasteiger partial charge on any atom is 0.255 e. The van der Waals surface area contributed by atoms with Gasteiger partial charge in [0.25, 0.3) is 5.91 Å². The monoisotopic (exact) mass is 283 g/mol. The van der Waals surface area contributed by atoms with Crippen LogP contribution in [0.5, 0.6) is 0 Å². The average molecular weight is 283 g/mol. The quantitative estimate of drug-likeness (QED) is 0.878. The molecule has 110 valence electrons. The molecule has 0 spiro atoms. The molecule has 0 aliphatic heterocycles. The molecule has 21 heavy (non-hydrogen) atoms. The van der Waals surface area contributed by atoms with Crippen molar-refractivity contribution < 1.29 is 4.79 Å². The minimum Gasteiger partial charge on any atom is -0.399 e. The molecule has 0 radical (unpaired) electrons. The van der Waals surface area contributed by atoms with Crippen molar-refractivity contribution in [2.75, 3.05) is 12.3 Å². The predicted octanol–water partition coefficient (Wildman–Crippen LogP) is 2.94. The summed E-state index contributed by atoms with van der Waals surface area (Å²) in [6.07, 6.45) is 0. The normalized spacial score (nSPS) is 10.4. The third kappa shape index (κ3) is 3.60. The number of carbonyl (C=O) groups is 1. The number of hydrogen-bond acceptors (Lipinski definition) is 3. The molecule has 2 aromatic rings. The minimum atomic E-state index is 0.0133. The second-order valence-corrected chi connectivity index (χ2v) is 5.15. The predicted molar refractivity (Wildman–Crippen MR) is 85.0 cm³/mol. The van der Waals surface area contributed by atoms with Gasteiger partial charge in [-0.15, -0.1) is 0 Å². The molecule has 0 saturated carbocycles. The van der Waals surface area contributed by atoms with Gasteiger partial charge >= 0.3 is 0 Å². The largest absolute Gasteiger partial charge is 0.399 e. The summed E-state index contributed by atoms with van der Waals surface area (Å²) in [6.45, 7) is 7.00. The Hall–Kier alpha value is -2.36. The molecule has 0 fully saturated rings. The Bertz CT molecular complexity index is 635. The van der Waals surface area contributed by atoms with Crippen molar-refractivity contribution in [3.63, 3.8) is 0 Å². The fourth-order valence-electron chi connectivity index (χ4n) is 2.25. The van der Waals surface area contributed by atoms with Gasteiger partial charge in [-0.25, -0.2) is 0 Å². The van der Waals surface area contributed by atoms with Gasteiger partial charge in [-0.3, -0.25) is 9.78 Å². The van der Waals surface area contributed by atoms with E-state index in [1.54, 1.807) is 0 Å². The number of pyridine rings is 1. The number of anilines is 1. The highest BCUT2D eigenvalue weighted by Gasteiger charge is 2.17. The Morgan fingerprint density at radius 3 is 2.38 bits per heavy atom. The number of carbonyl (C=O) groups excluding carboxylic acids is 1. The van der Waals surface area contributed by atoms with E-state index in [4.69, 9.17) is 5.73 Å². The van der Waals surface area contributed by atoms with Crippen LogP contribution in [0.4, 0.5) is 5.69 Å². The van der Waals surface area contributed by atoms with Crippen LogP contribution in [-0.4, -0.2) is 22.3 Å². The number of benzene rings is 1. The van der Waals surface area contributed by atoms with Gasteiger partial charge in [0.15, 0.2) is 0 Å². The van der Waals surface area contributed by atoms with Crippen molar-refractivity contribution in [1.29, 1.82) is 0 Å². The maximum atomic E-state index is 12.6. The summed E-state index contributed by atoms with van der Waals surface area (Å²) in [4.78, 5) is 18.8. The van der Waals surface area contributed by atoms with Crippen LogP contribution in [0.15, 0.2) is 36.4 Å². The molecule has 0 atom stereocenters. The first kappa shape index (κ1) is 15.0. The first-order valence-corrected chi connectivity index (χ1v) is 7.09. The fourth-order valence-corrected chi connectivity index (χ4v) is 2.25. The van der Waals surface area contributed by atoms with Crippen LogP contribution in [-0.2, 0) is 6.54 Å². The highest BCUT2D eigenvalue weighted by molar-refractivity contribution is 5.95. The zero-order valence-corrected chi connectivity index (χ0v) is 12.8. The number of aromatic nitrogens is 1. The van der Waals surface area contributed by atoms with Crippen molar-refractivity contribution in [3.05, 3.63) is 58.9 Å². The Morgan fingerprint density at radius 1 is 1.14 bits per heavy atom. The van der Waals surface area contributed by atoms with E-state index in [-0.39, 0.29) is 5.91 Å². The van der Waals surface area contributed by atoms with E-state index in [1.807, 2.05) is 62.1 Å². The summed E-state index contributed by atoms with van der Waals surface area (Å²) in [6, 6.07) is 11.3. The molecular weight excluding hydrogens is 262 g/mol. The number of rotatable bonds is 4. The highest BCUT2D eigenvalue weighted by atomic mass is 16.2. The molecule has 0 unspecified atom stereocenters. The Labute approximate surface area is 125 Å². The third-order valence-electron chi connectivity index (χ3n) is 3.48. The first-order valence-electron chi connectivity index (χ1n) is 7.09. The van der Waals surface area contributed by atoms with Crippen molar-refractivity contribution >= 4 is 11.6 Å². The number of hydrogen-bond donors (Lipinski definition) is 1. The van der Waals surface area contributed by atoms with Crippen LogP contribution < -0.4 is 5.73 Å². The zero-order valence-electron chi connectivity index (χ0n) is 12.8. The topological polar surface area (TPSA) is 59.2 Å². The smallest absolute Gasteiger partial charge is 0.255 e. The van der Waals surface area contributed by atoms with Gasteiger partial charge in [-0.1, -0.05) is 12.1 Å². The summed E-state index contributed by atoms with van der Waals surface area (Å²) in [5, 5.41) is 0. The number of nitrogens with two attached hydrogens (primary N) is 1. The second-order valence-electron chi connectivity index (χ2n) is 5.15. The van der Waals surface area contributed by atoms with Crippen molar-refractivity contribution in [3.8, 4) is 0 Å². The molecule has 4 heteroatoms. The SMILES string of the molecule is CCN(Cc1ccc(N)cc1)C(=O)c1ccc(C)nc1C. The van der Waals surface area contributed by atoms with E-state index in [9.17, 15) is 4.79 Å². The molecule has 0 saturated heterocycles. The van der Waals surface area contributed by atoms with Crippen LogP contribution in [0.1, 0.15) is 34.2 Å². The Kier molecular flexibility index (Phi) is 4.58. The molecular formula is C17H21N3O. The van der Waals surface area contributed by atoms with E-state index in [0.717, 1.165) is 22.6 Å².